The molecule has 3 N–H and O–H groups in total. The molecule has 0 radical (unpaired) electrons. The van der Waals surface area contributed by atoms with Gasteiger partial charge >= 0.3 is 0 Å². The van der Waals surface area contributed by atoms with E-state index in [1.165, 1.54) is 25.7 Å². The van der Waals surface area contributed by atoms with E-state index in [9.17, 15) is 0 Å². The second-order valence-corrected chi connectivity index (χ2v) is 4.21. The molecule has 1 atom stereocenters. The zero-order valence-electron chi connectivity index (χ0n) is 10.3. The van der Waals surface area contributed by atoms with Crippen LogP contribution in [0.1, 0.15) is 58.8 Å². The average Bonchev–Trinajstić information content (AvgIpc) is 2.24. The second-order valence-electron chi connectivity index (χ2n) is 4.21. The predicted octanol–water partition coefficient (Wildman–Crippen LogP) is 2.84. The van der Waals surface area contributed by atoms with Crippen molar-refractivity contribution in [1.82, 2.24) is 5.43 Å². The molecule has 15 heavy (non-hydrogen) atoms. The van der Waals surface area contributed by atoms with Crippen LogP contribution in [0.15, 0.2) is 0 Å². The van der Waals surface area contributed by atoms with Crippen molar-refractivity contribution >= 4 is 0 Å². The summed E-state index contributed by atoms with van der Waals surface area (Å²) in [6.45, 7) is 4.47. The highest BCUT2D eigenvalue weighted by molar-refractivity contribution is 4.84. The Bertz CT molecular complexity index is 166. The largest absolute Gasteiger partial charge is 0.271 e. The Morgan fingerprint density at radius 3 is 2.20 bits per heavy atom. The third-order valence-corrected chi connectivity index (χ3v) is 2.94. The van der Waals surface area contributed by atoms with Crippen LogP contribution in [0.3, 0.4) is 0 Å². The SMILES string of the molecule is C#CCCCC(NN)C(CCC)CCC. The maximum Gasteiger partial charge on any atom is 0.0239 e. The van der Waals surface area contributed by atoms with E-state index in [0.717, 1.165) is 19.3 Å². The fourth-order valence-corrected chi connectivity index (χ4v) is 2.17. The standard InChI is InChI=1S/C13H26N2/c1-4-7-8-11-13(15-14)12(9-5-2)10-6-3/h1,12-13,15H,5-11,14H2,2-3H3. The molecule has 0 spiro atoms. The first-order valence-corrected chi connectivity index (χ1v) is 6.19. The summed E-state index contributed by atoms with van der Waals surface area (Å²) in [5.74, 6) is 9.01. The summed E-state index contributed by atoms with van der Waals surface area (Å²) >= 11 is 0. The quantitative estimate of drug-likeness (QED) is 0.266. The van der Waals surface area contributed by atoms with E-state index in [0.29, 0.717) is 12.0 Å². The maximum absolute atomic E-state index is 5.61. The van der Waals surface area contributed by atoms with E-state index >= 15 is 0 Å². The van der Waals surface area contributed by atoms with E-state index in [1.54, 1.807) is 0 Å². The number of hydrazine groups is 1. The van der Waals surface area contributed by atoms with Gasteiger partial charge in [0, 0.05) is 12.5 Å². The van der Waals surface area contributed by atoms with Crippen LogP contribution in [-0.2, 0) is 0 Å². The van der Waals surface area contributed by atoms with E-state index in [2.05, 4.69) is 25.2 Å². The Balaban J connectivity index is 4.00. The summed E-state index contributed by atoms with van der Waals surface area (Å²) in [6.07, 6.45) is 13.3. The average molecular weight is 210 g/mol. The summed E-state index contributed by atoms with van der Waals surface area (Å²) in [7, 11) is 0. The van der Waals surface area contributed by atoms with Crippen LogP contribution in [0.5, 0.6) is 0 Å². The lowest BCUT2D eigenvalue weighted by molar-refractivity contribution is 0.295. The number of hydrogen-bond donors (Lipinski definition) is 2. The van der Waals surface area contributed by atoms with Crippen LogP contribution in [0.2, 0.25) is 0 Å². The first-order valence-electron chi connectivity index (χ1n) is 6.19. The van der Waals surface area contributed by atoms with Gasteiger partial charge in [0.25, 0.3) is 0 Å². The topological polar surface area (TPSA) is 38.0 Å². The first-order chi connectivity index (χ1) is 7.29. The van der Waals surface area contributed by atoms with Crippen LogP contribution in [-0.4, -0.2) is 6.04 Å². The van der Waals surface area contributed by atoms with Gasteiger partial charge in [-0.3, -0.25) is 11.3 Å². The Morgan fingerprint density at radius 1 is 1.20 bits per heavy atom. The fourth-order valence-electron chi connectivity index (χ4n) is 2.17. The molecular formula is C13H26N2. The van der Waals surface area contributed by atoms with Crippen LogP contribution >= 0.6 is 0 Å². The molecule has 0 aliphatic rings. The molecule has 0 aromatic rings. The number of nitrogens with one attached hydrogen (secondary N) is 1. The first kappa shape index (κ1) is 14.5. The van der Waals surface area contributed by atoms with Crippen molar-refractivity contribution in [3.63, 3.8) is 0 Å². The second kappa shape index (κ2) is 10.0. The molecule has 0 heterocycles. The van der Waals surface area contributed by atoms with Gasteiger partial charge in [-0.2, -0.15) is 0 Å². The molecule has 2 heteroatoms. The van der Waals surface area contributed by atoms with Gasteiger partial charge < -0.3 is 0 Å². The predicted molar refractivity (Wildman–Crippen MR) is 67.1 cm³/mol. The number of unbranched alkanes of at least 4 members (excludes halogenated alkanes) is 1. The summed E-state index contributed by atoms with van der Waals surface area (Å²) in [6, 6.07) is 0.443. The third-order valence-electron chi connectivity index (χ3n) is 2.94. The normalized spacial score (nSPS) is 12.7. The summed E-state index contributed by atoms with van der Waals surface area (Å²) < 4.78 is 0. The van der Waals surface area contributed by atoms with Gasteiger partial charge in [0.05, 0.1) is 0 Å². The molecule has 0 aromatic carbocycles. The number of terminal acetylenes is 1. The van der Waals surface area contributed by atoms with Crippen LogP contribution in [0.25, 0.3) is 0 Å². The van der Waals surface area contributed by atoms with Crippen molar-refractivity contribution in [1.29, 1.82) is 0 Å². The molecule has 0 saturated heterocycles. The highest BCUT2D eigenvalue weighted by atomic mass is 15.2. The minimum absolute atomic E-state index is 0.443. The molecule has 2 nitrogen and oxygen atoms in total. The highest BCUT2D eigenvalue weighted by Gasteiger charge is 2.17. The van der Waals surface area contributed by atoms with Crippen molar-refractivity contribution in [2.45, 2.75) is 64.8 Å². The van der Waals surface area contributed by atoms with E-state index in [4.69, 9.17) is 12.3 Å². The fraction of sp³-hybridized carbons (Fsp3) is 0.846. The van der Waals surface area contributed by atoms with E-state index < -0.39 is 0 Å². The van der Waals surface area contributed by atoms with Crippen molar-refractivity contribution in [2.24, 2.45) is 11.8 Å². The minimum Gasteiger partial charge on any atom is -0.271 e. The molecule has 0 aromatic heterocycles. The van der Waals surface area contributed by atoms with Gasteiger partial charge in [0.2, 0.25) is 0 Å². The monoisotopic (exact) mass is 210 g/mol. The van der Waals surface area contributed by atoms with Gasteiger partial charge in [0.1, 0.15) is 0 Å². The lowest BCUT2D eigenvalue weighted by atomic mass is 9.88. The van der Waals surface area contributed by atoms with Crippen molar-refractivity contribution in [2.75, 3.05) is 0 Å². The third kappa shape index (κ3) is 6.54. The zero-order valence-corrected chi connectivity index (χ0v) is 10.3. The molecule has 0 aliphatic carbocycles. The summed E-state index contributed by atoms with van der Waals surface area (Å²) in [4.78, 5) is 0. The zero-order chi connectivity index (χ0) is 11.5. The van der Waals surface area contributed by atoms with E-state index in [1.807, 2.05) is 0 Å². The van der Waals surface area contributed by atoms with Crippen LogP contribution < -0.4 is 11.3 Å². The Morgan fingerprint density at radius 2 is 1.80 bits per heavy atom. The molecule has 88 valence electrons. The molecule has 0 aliphatic heterocycles. The van der Waals surface area contributed by atoms with Crippen molar-refractivity contribution < 1.29 is 0 Å². The Labute approximate surface area is 95.0 Å². The smallest absolute Gasteiger partial charge is 0.0239 e. The van der Waals surface area contributed by atoms with Gasteiger partial charge in [-0.15, -0.1) is 12.3 Å². The molecule has 0 saturated carbocycles. The van der Waals surface area contributed by atoms with Crippen molar-refractivity contribution in [3.05, 3.63) is 0 Å². The van der Waals surface area contributed by atoms with Gasteiger partial charge in [0.15, 0.2) is 0 Å². The minimum atomic E-state index is 0.443. The molecule has 0 amide bonds. The number of hydrogen-bond acceptors (Lipinski definition) is 2. The lowest BCUT2D eigenvalue weighted by Crippen LogP contribution is -2.40. The molecule has 0 rings (SSSR count). The van der Waals surface area contributed by atoms with Gasteiger partial charge in [-0.05, 0) is 31.6 Å². The molecule has 0 fully saturated rings. The molecule has 1 unspecified atom stereocenters. The molecule has 0 bridgehead atoms. The highest BCUT2D eigenvalue weighted by Crippen LogP contribution is 2.21. The number of nitrogens with two attached hydrogens (primary N) is 1. The van der Waals surface area contributed by atoms with E-state index in [-0.39, 0.29) is 0 Å². The van der Waals surface area contributed by atoms with Crippen LogP contribution in [0, 0.1) is 18.3 Å². The number of rotatable bonds is 9. The van der Waals surface area contributed by atoms with Crippen LogP contribution in [0.4, 0.5) is 0 Å². The Hall–Kier alpha value is -0.520. The summed E-state index contributed by atoms with van der Waals surface area (Å²) in [5.41, 5.74) is 2.96. The Kier molecular flexibility index (Phi) is 9.67. The lowest BCUT2D eigenvalue weighted by Gasteiger charge is -2.26. The van der Waals surface area contributed by atoms with Gasteiger partial charge in [-0.25, -0.2) is 0 Å². The maximum atomic E-state index is 5.61. The summed E-state index contributed by atoms with van der Waals surface area (Å²) in [5, 5.41) is 0. The van der Waals surface area contributed by atoms with Gasteiger partial charge in [-0.1, -0.05) is 26.7 Å². The van der Waals surface area contributed by atoms with Crippen molar-refractivity contribution in [3.8, 4) is 12.3 Å². The molecular weight excluding hydrogens is 184 g/mol.